The number of nitrogens with two attached hydrogens (primary N) is 1. The van der Waals surface area contributed by atoms with Gasteiger partial charge in [-0.15, -0.1) is 0 Å². The summed E-state index contributed by atoms with van der Waals surface area (Å²) in [6.07, 6.45) is 6.52. The number of hydrogen-bond donors (Lipinski definition) is 2. The van der Waals surface area contributed by atoms with Crippen LogP contribution in [-0.2, 0) is 0 Å². The second kappa shape index (κ2) is 7.57. The number of nitrogens with one attached hydrogen (secondary N) is 1. The molecule has 1 aliphatic carbocycles. The standard InChI is InChI=1S/C14H29N3/c1-11(2)8-9-16-14(15)17-10-13-6-4-12(3)5-7-13/h11-13H,4-10H2,1-3H3,(H3,15,16,17). The van der Waals surface area contributed by atoms with Gasteiger partial charge in [0.05, 0.1) is 0 Å². The van der Waals surface area contributed by atoms with Crippen molar-refractivity contribution in [1.29, 1.82) is 0 Å². The minimum atomic E-state index is 0.629. The summed E-state index contributed by atoms with van der Waals surface area (Å²) in [5, 5.41) is 3.19. The molecule has 0 unspecified atom stereocenters. The molecule has 0 aromatic rings. The zero-order valence-electron chi connectivity index (χ0n) is 11.7. The average Bonchev–Trinajstić information content (AvgIpc) is 2.28. The maximum absolute atomic E-state index is 5.84. The number of nitrogens with zero attached hydrogens (tertiary/aromatic N) is 1. The van der Waals surface area contributed by atoms with Gasteiger partial charge in [0.25, 0.3) is 0 Å². The van der Waals surface area contributed by atoms with E-state index in [1.54, 1.807) is 0 Å². The first-order valence-electron chi connectivity index (χ1n) is 7.11. The molecule has 0 aromatic carbocycles. The van der Waals surface area contributed by atoms with E-state index < -0.39 is 0 Å². The Morgan fingerprint density at radius 3 is 2.53 bits per heavy atom. The highest BCUT2D eigenvalue weighted by Gasteiger charge is 2.17. The molecule has 0 heterocycles. The lowest BCUT2D eigenvalue weighted by Gasteiger charge is -2.24. The molecule has 1 fully saturated rings. The molecule has 0 saturated heterocycles. The molecule has 0 atom stereocenters. The van der Waals surface area contributed by atoms with Crippen molar-refractivity contribution in [3.63, 3.8) is 0 Å². The summed E-state index contributed by atoms with van der Waals surface area (Å²) >= 11 is 0. The second-order valence-corrected chi connectivity index (χ2v) is 5.96. The number of aliphatic imine (C=N–C) groups is 1. The number of hydrogen-bond acceptors (Lipinski definition) is 1. The van der Waals surface area contributed by atoms with Crippen LogP contribution in [0.25, 0.3) is 0 Å². The van der Waals surface area contributed by atoms with Crippen molar-refractivity contribution in [2.24, 2.45) is 28.5 Å². The Balaban J connectivity index is 2.14. The van der Waals surface area contributed by atoms with Crippen LogP contribution in [0.1, 0.15) is 52.9 Å². The Kier molecular flexibility index (Phi) is 6.38. The van der Waals surface area contributed by atoms with Crippen LogP contribution >= 0.6 is 0 Å². The maximum Gasteiger partial charge on any atom is 0.188 e. The van der Waals surface area contributed by atoms with Crippen LogP contribution in [-0.4, -0.2) is 19.0 Å². The highest BCUT2D eigenvalue weighted by atomic mass is 15.1. The van der Waals surface area contributed by atoms with Crippen molar-refractivity contribution in [3.05, 3.63) is 0 Å². The Bertz CT molecular complexity index is 228. The van der Waals surface area contributed by atoms with Crippen molar-refractivity contribution < 1.29 is 0 Å². The van der Waals surface area contributed by atoms with Crippen LogP contribution in [0.15, 0.2) is 4.99 Å². The van der Waals surface area contributed by atoms with Crippen LogP contribution < -0.4 is 11.1 Å². The van der Waals surface area contributed by atoms with Gasteiger partial charge in [-0.2, -0.15) is 0 Å². The van der Waals surface area contributed by atoms with E-state index in [1.807, 2.05) is 0 Å². The minimum absolute atomic E-state index is 0.629. The van der Waals surface area contributed by atoms with Gasteiger partial charge in [0.2, 0.25) is 0 Å². The summed E-state index contributed by atoms with van der Waals surface area (Å²) in [5.41, 5.74) is 5.84. The first-order valence-corrected chi connectivity index (χ1v) is 7.11. The van der Waals surface area contributed by atoms with Gasteiger partial charge in [0.1, 0.15) is 0 Å². The molecule has 1 saturated carbocycles. The molecule has 3 heteroatoms. The van der Waals surface area contributed by atoms with Crippen LogP contribution in [0.2, 0.25) is 0 Å². The average molecular weight is 239 g/mol. The number of guanidine groups is 1. The zero-order valence-corrected chi connectivity index (χ0v) is 11.7. The van der Waals surface area contributed by atoms with Crippen molar-refractivity contribution in [3.8, 4) is 0 Å². The quantitative estimate of drug-likeness (QED) is 0.572. The summed E-state index contributed by atoms with van der Waals surface area (Å²) in [5.74, 6) is 3.02. The summed E-state index contributed by atoms with van der Waals surface area (Å²) in [6.45, 7) is 8.64. The molecule has 0 radical (unpaired) electrons. The van der Waals surface area contributed by atoms with Gasteiger partial charge < -0.3 is 11.1 Å². The van der Waals surface area contributed by atoms with Crippen LogP contribution in [0, 0.1) is 17.8 Å². The Hall–Kier alpha value is -0.730. The third-order valence-corrected chi connectivity index (χ3v) is 3.68. The van der Waals surface area contributed by atoms with E-state index >= 15 is 0 Å². The van der Waals surface area contributed by atoms with Gasteiger partial charge in [0, 0.05) is 13.1 Å². The lowest BCUT2D eigenvalue weighted by atomic mass is 9.83. The molecule has 100 valence electrons. The van der Waals surface area contributed by atoms with E-state index in [-0.39, 0.29) is 0 Å². The molecular formula is C14H29N3. The molecule has 1 aliphatic rings. The van der Waals surface area contributed by atoms with Gasteiger partial charge in [-0.3, -0.25) is 4.99 Å². The lowest BCUT2D eigenvalue weighted by molar-refractivity contribution is 0.296. The van der Waals surface area contributed by atoms with Gasteiger partial charge in [-0.1, -0.05) is 33.6 Å². The Labute approximate surface area is 106 Å². The third-order valence-electron chi connectivity index (χ3n) is 3.68. The molecule has 0 amide bonds. The van der Waals surface area contributed by atoms with E-state index in [9.17, 15) is 0 Å². The fourth-order valence-corrected chi connectivity index (χ4v) is 2.28. The number of rotatable bonds is 5. The third kappa shape index (κ3) is 6.54. The molecule has 1 rings (SSSR count). The van der Waals surface area contributed by atoms with E-state index in [2.05, 4.69) is 31.1 Å². The largest absolute Gasteiger partial charge is 0.370 e. The van der Waals surface area contributed by atoms with Gasteiger partial charge >= 0.3 is 0 Å². The first-order chi connectivity index (χ1) is 8.08. The van der Waals surface area contributed by atoms with Crippen LogP contribution in [0.5, 0.6) is 0 Å². The second-order valence-electron chi connectivity index (χ2n) is 5.96. The SMILES string of the molecule is CC(C)CCNC(N)=NCC1CCC(C)CC1. The fraction of sp³-hybridized carbons (Fsp3) is 0.929. The van der Waals surface area contributed by atoms with E-state index in [4.69, 9.17) is 5.73 Å². The Morgan fingerprint density at radius 2 is 1.94 bits per heavy atom. The van der Waals surface area contributed by atoms with Gasteiger partial charge in [0.15, 0.2) is 5.96 Å². The molecule has 3 nitrogen and oxygen atoms in total. The van der Waals surface area contributed by atoms with Gasteiger partial charge in [-0.25, -0.2) is 0 Å². The van der Waals surface area contributed by atoms with Crippen LogP contribution in [0.3, 0.4) is 0 Å². The first kappa shape index (κ1) is 14.3. The molecule has 0 bridgehead atoms. The summed E-state index contributed by atoms with van der Waals surface area (Å²) in [7, 11) is 0. The predicted octanol–water partition coefficient (Wildman–Crippen LogP) is 2.76. The lowest BCUT2D eigenvalue weighted by Crippen LogP contribution is -2.33. The topological polar surface area (TPSA) is 50.4 Å². The van der Waals surface area contributed by atoms with Crippen molar-refractivity contribution in [2.45, 2.75) is 52.9 Å². The fourth-order valence-electron chi connectivity index (χ4n) is 2.28. The van der Waals surface area contributed by atoms with Gasteiger partial charge in [-0.05, 0) is 37.0 Å². The molecular weight excluding hydrogens is 210 g/mol. The highest BCUT2D eigenvalue weighted by Crippen LogP contribution is 2.28. The molecule has 0 aliphatic heterocycles. The summed E-state index contributed by atoms with van der Waals surface area (Å²) in [4.78, 5) is 4.45. The molecule has 0 spiro atoms. The summed E-state index contributed by atoms with van der Waals surface area (Å²) in [6, 6.07) is 0. The van der Waals surface area contributed by atoms with E-state index in [1.165, 1.54) is 25.7 Å². The molecule has 3 N–H and O–H groups in total. The zero-order chi connectivity index (χ0) is 12.7. The van der Waals surface area contributed by atoms with Crippen molar-refractivity contribution in [2.75, 3.05) is 13.1 Å². The Morgan fingerprint density at radius 1 is 1.29 bits per heavy atom. The van der Waals surface area contributed by atoms with E-state index in [0.717, 1.165) is 37.3 Å². The van der Waals surface area contributed by atoms with E-state index in [0.29, 0.717) is 5.96 Å². The van der Waals surface area contributed by atoms with Crippen molar-refractivity contribution >= 4 is 5.96 Å². The predicted molar refractivity (Wildman–Crippen MR) is 75.1 cm³/mol. The monoisotopic (exact) mass is 239 g/mol. The normalized spacial score (nSPS) is 26.2. The van der Waals surface area contributed by atoms with Crippen molar-refractivity contribution in [1.82, 2.24) is 5.32 Å². The highest BCUT2D eigenvalue weighted by molar-refractivity contribution is 5.77. The molecule has 0 aromatic heterocycles. The minimum Gasteiger partial charge on any atom is -0.370 e. The molecule has 17 heavy (non-hydrogen) atoms. The van der Waals surface area contributed by atoms with Crippen LogP contribution in [0.4, 0.5) is 0 Å². The maximum atomic E-state index is 5.84. The summed E-state index contributed by atoms with van der Waals surface area (Å²) < 4.78 is 0. The smallest absolute Gasteiger partial charge is 0.188 e.